The third-order valence-electron chi connectivity index (χ3n) is 3.87. The van der Waals surface area contributed by atoms with Gasteiger partial charge < -0.3 is 14.7 Å². The predicted octanol–water partition coefficient (Wildman–Crippen LogP) is 3.17. The van der Waals surface area contributed by atoms with Crippen LogP contribution in [0.15, 0.2) is 35.6 Å². The highest BCUT2D eigenvalue weighted by atomic mass is 16.5. The molecule has 5 heteroatoms. The van der Waals surface area contributed by atoms with Gasteiger partial charge >= 0.3 is 0 Å². The first-order valence-corrected chi connectivity index (χ1v) is 8.05. The van der Waals surface area contributed by atoms with Gasteiger partial charge in [0.05, 0.1) is 18.2 Å². The number of Topliss-reactive ketones (excluding diaryl/α,β-unsaturated/α-hetero) is 1. The molecule has 0 aromatic heterocycles. The van der Waals surface area contributed by atoms with Gasteiger partial charge in [-0.25, -0.2) is 0 Å². The van der Waals surface area contributed by atoms with E-state index in [4.69, 9.17) is 4.74 Å². The maximum absolute atomic E-state index is 12.4. The monoisotopic (exact) mass is 317 g/mol. The Morgan fingerprint density at radius 2 is 2.04 bits per heavy atom. The molecule has 0 spiro atoms. The first-order valence-electron chi connectivity index (χ1n) is 8.05. The normalized spacial score (nSPS) is 17.8. The van der Waals surface area contributed by atoms with E-state index in [0.29, 0.717) is 18.9 Å². The van der Waals surface area contributed by atoms with Gasteiger partial charge in [-0.3, -0.25) is 9.59 Å². The fraction of sp³-hybridized carbons (Fsp3) is 0.444. The van der Waals surface area contributed by atoms with E-state index in [-0.39, 0.29) is 17.8 Å². The number of aliphatic hydroxyl groups is 1. The van der Waals surface area contributed by atoms with Gasteiger partial charge in [0, 0.05) is 13.0 Å². The summed E-state index contributed by atoms with van der Waals surface area (Å²) in [4.78, 5) is 26.2. The molecule has 0 fully saturated rings. The number of aliphatic hydroxyl groups excluding tert-OH is 1. The van der Waals surface area contributed by atoms with Gasteiger partial charge in [0.15, 0.2) is 11.5 Å². The number of ether oxygens (including phenoxy) is 1. The predicted molar refractivity (Wildman–Crippen MR) is 87.3 cm³/mol. The average molecular weight is 317 g/mol. The fourth-order valence-corrected chi connectivity index (χ4v) is 2.89. The lowest BCUT2D eigenvalue weighted by Crippen LogP contribution is -2.31. The molecule has 1 aromatic rings. The van der Waals surface area contributed by atoms with E-state index in [0.717, 1.165) is 12.0 Å². The Kier molecular flexibility index (Phi) is 5.42. The van der Waals surface area contributed by atoms with Crippen molar-refractivity contribution in [2.75, 3.05) is 13.2 Å². The number of carbonyl (C=O) groups is 2. The van der Waals surface area contributed by atoms with Gasteiger partial charge in [-0.1, -0.05) is 26.0 Å². The molecule has 1 N–H and O–H groups in total. The van der Waals surface area contributed by atoms with Crippen LogP contribution in [-0.2, 0) is 9.59 Å². The zero-order valence-electron chi connectivity index (χ0n) is 13.8. The van der Waals surface area contributed by atoms with Gasteiger partial charge in [0.25, 0.3) is 5.91 Å². The van der Waals surface area contributed by atoms with E-state index >= 15 is 0 Å². The minimum atomic E-state index is -0.546. The third kappa shape index (κ3) is 3.23. The Bertz CT molecular complexity index is 636. The number of carbonyl (C=O) groups excluding carboxylic acids is 2. The zero-order valence-corrected chi connectivity index (χ0v) is 13.8. The Morgan fingerprint density at radius 3 is 2.65 bits per heavy atom. The molecule has 1 amide bonds. The summed E-state index contributed by atoms with van der Waals surface area (Å²) in [5.74, 6) is -0.419. The number of amides is 1. The number of benzene rings is 1. The molecule has 0 aliphatic carbocycles. The summed E-state index contributed by atoms with van der Waals surface area (Å²) in [7, 11) is 0. The van der Waals surface area contributed by atoms with E-state index in [2.05, 4.69) is 0 Å². The first-order chi connectivity index (χ1) is 11.0. The zero-order chi connectivity index (χ0) is 17.0. The quantitative estimate of drug-likeness (QED) is 0.839. The van der Waals surface area contributed by atoms with Crippen molar-refractivity contribution in [1.29, 1.82) is 0 Å². The van der Waals surface area contributed by atoms with Gasteiger partial charge in [-0.05, 0) is 31.0 Å². The second-order valence-corrected chi connectivity index (χ2v) is 5.45. The highest BCUT2D eigenvalue weighted by molar-refractivity contribution is 6.08. The van der Waals surface area contributed by atoms with Gasteiger partial charge in [-0.2, -0.15) is 0 Å². The molecule has 1 unspecified atom stereocenters. The summed E-state index contributed by atoms with van der Waals surface area (Å²) in [6.45, 7) is 6.59. The van der Waals surface area contributed by atoms with Crippen molar-refractivity contribution in [3.8, 4) is 5.75 Å². The SMILES string of the molecule is CCCN1C(=O)C(O)=C(C(=O)CC)C1c1cccc(OCC)c1. The standard InChI is InChI=1S/C18H23NO4/c1-4-10-19-16(12-8-7-9-13(11-12)23-6-3)15(14(20)5-2)17(21)18(19)22/h7-9,11,16,21H,4-6,10H2,1-3H3. The number of nitrogens with zero attached hydrogens (tertiary/aromatic N) is 1. The van der Waals surface area contributed by atoms with Crippen molar-refractivity contribution in [3.63, 3.8) is 0 Å². The van der Waals surface area contributed by atoms with Crippen molar-refractivity contribution in [2.24, 2.45) is 0 Å². The largest absolute Gasteiger partial charge is 0.503 e. The number of ketones is 1. The molecule has 0 bridgehead atoms. The van der Waals surface area contributed by atoms with Gasteiger partial charge in [-0.15, -0.1) is 0 Å². The lowest BCUT2D eigenvalue weighted by atomic mass is 9.95. The van der Waals surface area contributed by atoms with Gasteiger partial charge in [0.1, 0.15) is 5.75 Å². The summed E-state index contributed by atoms with van der Waals surface area (Å²) < 4.78 is 5.51. The Morgan fingerprint density at radius 1 is 1.30 bits per heavy atom. The molecular weight excluding hydrogens is 294 g/mol. The molecule has 1 aliphatic rings. The van der Waals surface area contributed by atoms with E-state index in [1.165, 1.54) is 0 Å². The van der Waals surface area contributed by atoms with Crippen LogP contribution in [0.1, 0.15) is 45.2 Å². The molecule has 0 saturated carbocycles. The summed E-state index contributed by atoms with van der Waals surface area (Å²) in [5.41, 5.74) is 0.971. The third-order valence-corrected chi connectivity index (χ3v) is 3.87. The molecular formula is C18H23NO4. The molecule has 23 heavy (non-hydrogen) atoms. The first kappa shape index (κ1) is 17.1. The van der Waals surface area contributed by atoms with Gasteiger partial charge in [0.2, 0.25) is 0 Å². The van der Waals surface area contributed by atoms with E-state index in [1.54, 1.807) is 11.8 Å². The van der Waals surface area contributed by atoms with Crippen LogP contribution in [0.4, 0.5) is 0 Å². The molecule has 1 aliphatic heterocycles. The molecule has 1 atom stereocenters. The topological polar surface area (TPSA) is 66.8 Å². The van der Waals surface area contributed by atoms with Crippen molar-refractivity contribution in [1.82, 2.24) is 4.90 Å². The van der Waals surface area contributed by atoms with E-state index in [1.807, 2.05) is 38.1 Å². The summed E-state index contributed by atoms with van der Waals surface area (Å²) in [5, 5.41) is 10.2. The van der Waals surface area contributed by atoms with Crippen LogP contribution in [0.2, 0.25) is 0 Å². The lowest BCUT2D eigenvalue weighted by molar-refractivity contribution is -0.129. The summed E-state index contributed by atoms with van der Waals surface area (Å²) in [6.07, 6.45) is 0.989. The van der Waals surface area contributed by atoms with Crippen molar-refractivity contribution in [2.45, 2.75) is 39.7 Å². The number of hydrogen-bond donors (Lipinski definition) is 1. The van der Waals surface area contributed by atoms with Crippen LogP contribution in [0.5, 0.6) is 5.75 Å². The maximum Gasteiger partial charge on any atom is 0.290 e. The summed E-state index contributed by atoms with van der Waals surface area (Å²) in [6, 6.07) is 6.79. The molecule has 0 radical (unpaired) electrons. The second kappa shape index (κ2) is 7.31. The Labute approximate surface area is 136 Å². The van der Waals surface area contributed by atoms with Crippen molar-refractivity contribution >= 4 is 11.7 Å². The Balaban J connectivity index is 2.51. The molecule has 124 valence electrons. The van der Waals surface area contributed by atoms with Crippen molar-refractivity contribution in [3.05, 3.63) is 41.2 Å². The smallest absolute Gasteiger partial charge is 0.290 e. The second-order valence-electron chi connectivity index (χ2n) is 5.45. The highest BCUT2D eigenvalue weighted by Crippen LogP contribution is 2.39. The minimum Gasteiger partial charge on any atom is -0.503 e. The molecule has 5 nitrogen and oxygen atoms in total. The number of rotatable bonds is 7. The fourth-order valence-electron chi connectivity index (χ4n) is 2.89. The highest BCUT2D eigenvalue weighted by Gasteiger charge is 2.42. The van der Waals surface area contributed by atoms with Crippen LogP contribution in [0.3, 0.4) is 0 Å². The average Bonchev–Trinajstić information content (AvgIpc) is 2.80. The molecule has 2 rings (SSSR count). The van der Waals surface area contributed by atoms with Crippen LogP contribution in [0.25, 0.3) is 0 Å². The lowest BCUT2D eigenvalue weighted by Gasteiger charge is -2.26. The number of hydrogen-bond acceptors (Lipinski definition) is 4. The van der Waals surface area contributed by atoms with E-state index in [9.17, 15) is 14.7 Å². The molecule has 1 heterocycles. The van der Waals surface area contributed by atoms with Crippen LogP contribution in [-0.4, -0.2) is 34.8 Å². The molecule has 0 saturated heterocycles. The van der Waals surface area contributed by atoms with Crippen LogP contribution >= 0.6 is 0 Å². The van der Waals surface area contributed by atoms with Crippen LogP contribution in [0, 0.1) is 0 Å². The van der Waals surface area contributed by atoms with Crippen molar-refractivity contribution < 1.29 is 19.4 Å². The molecule has 1 aromatic carbocycles. The Hall–Kier alpha value is -2.30. The maximum atomic E-state index is 12.4. The minimum absolute atomic E-state index is 0.194. The summed E-state index contributed by atoms with van der Waals surface area (Å²) >= 11 is 0. The van der Waals surface area contributed by atoms with E-state index < -0.39 is 17.7 Å². The van der Waals surface area contributed by atoms with Crippen LogP contribution < -0.4 is 4.74 Å².